The van der Waals surface area contributed by atoms with Gasteiger partial charge in [0.05, 0.1) is 5.75 Å². The van der Waals surface area contributed by atoms with E-state index < -0.39 is 0 Å². The van der Waals surface area contributed by atoms with Crippen LogP contribution < -0.4 is 0 Å². The van der Waals surface area contributed by atoms with Crippen molar-refractivity contribution in [3.05, 3.63) is 24.0 Å². The largest absolute Gasteiger partial charge is 0.338 e. The van der Waals surface area contributed by atoms with Crippen molar-refractivity contribution in [3.63, 3.8) is 0 Å². The van der Waals surface area contributed by atoms with Gasteiger partial charge in [-0.1, -0.05) is 11.8 Å². The third kappa shape index (κ3) is 3.13. The van der Waals surface area contributed by atoms with Gasteiger partial charge >= 0.3 is 0 Å². The molecule has 0 spiro atoms. The number of aromatic amines is 1. The van der Waals surface area contributed by atoms with Crippen LogP contribution in [0.4, 0.5) is 4.39 Å². The number of fused-ring (bicyclic) bond motifs is 3. The lowest BCUT2D eigenvalue weighted by atomic mass is 9.98. The molecule has 0 unspecified atom stereocenters. The molecule has 3 aromatic rings. The highest BCUT2D eigenvalue weighted by atomic mass is 32.2. The second kappa shape index (κ2) is 6.83. The standard InChI is InChI=1S/C18H20FN5OS/c1-10-4-3-5-11(2)24(10)15(25)9-26-18-21-17-16(22-23-18)13-8-12(19)6-7-14(13)20-17/h6-8,10-11H,3-5,9H2,1-2H3,(H,20,21,23)/t10-,11-/m1/s1. The lowest BCUT2D eigenvalue weighted by Crippen LogP contribution is -2.48. The number of H-pyrrole nitrogens is 1. The van der Waals surface area contributed by atoms with Gasteiger partial charge in [-0.15, -0.1) is 10.2 Å². The van der Waals surface area contributed by atoms with Crippen LogP contribution in [0, 0.1) is 5.82 Å². The maximum Gasteiger partial charge on any atom is 0.233 e. The monoisotopic (exact) mass is 373 g/mol. The minimum atomic E-state index is -0.325. The van der Waals surface area contributed by atoms with Crippen LogP contribution >= 0.6 is 11.8 Å². The Morgan fingerprint density at radius 1 is 1.31 bits per heavy atom. The summed E-state index contributed by atoms with van der Waals surface area (Å²) in [5.41, 5.74) is 1.85. The normalized spacial score (nSPS) is 20.8. The Labute approximate surface area is 154 Å². The molecule has 1 amide bonds. The van der Waals surface area contributed by atoms with Crippen LogP contribution in [0.1, 0.15) is 33.1 Å². The van der Waals surface area contributed by atoms with Gasteiger partial charge in [-0.3, -0.25) is 4.79 Å². The van der Waals surface area contributed by atoms with Crippen molar-refractivity contribution in [2.75, 3.05) is 5.75 Å². The number of hydrogen-bond donors (Lipinski definition) is 1. The Morgan fingerprint density at radius 3 is 2.85 bits per heavy atom. The molecule has 1 aliphatic rings. The van der Waals surface area contributed by atoms with Crippen LogP contribution in [0.2, 0.25) is 0 Å². The van der Waals surface area contributed by atoms with Gasteiger partial charge in [-0.25, -0.2) is 9.37 Å². The highest BCUT2D eigenvalue weighted by Crippen LogP contribution is 2.26. The van der Waals surface area contributed by atoms with Crippen molar-refractivity contribution in [1.29, 1.82) is 0 Å². The van der Waals surface area contributed by atoms with E-state index in [4.69, 9.17) is 0 Å². The van der Waals surface area contributed by atoms with Crippen LogP contribution in [-0.2, 0) is 4.79 Å². The number of nitrogens with one attached hydrogen (secondary N) is 1. The fourth-order valence-corrected chi connectivity index (χ4v) is 4.36. The van der Waals surface area contributed by atoms with Crippen molar-refractivity contribution in [1.82, 2.24) is 25.1 Å². The SMILES string of the molecule is C[C@@H]1CCC[C@@H](C)N1C(=O)CSc1nnc2c(n1)[nH]c1ccc(F)cc12. The zero-order chi connectivity index (χ0) is 18.3. The number of piperidine rings is 1. The Kier molecular flexibility index (Phi) is 4.52. The van der Waals surface area contributed by atoms with E-state index in [1.807, 2.05) is 4.90 Å². The lowest BCUT2D eigenvalue weighted by molar-refractivity contribution is -0.134. The Balaban J connectivity index is 1.52. The smallest absolute Gasteiger partial charge is 0.233 e. The van der Waals surface area contributed by atoms with Gasteiger partial charge in [-0.05, 0) is 51.3 Å². The lowest BCUT2D eigenvalue weighted by Gasteiger charge is -2.39. The molecule has 3 heterocycles. The van der Waals surface area contributed by atoms with Crippen molar-refractivity contribution >= 4 is 39.7 Å². The topological polar surface area (TPSA) is 74.8 Å². The van der Waals surface area contributed by atoms with E-state index >= 15 is 0 Å². The molecular formula is C18H20FN5OS. The van der Waals surface area contributed by atoms with E-state index in [2.05, 4.69) is 34.0 Å². The van der Waals surface area contributed by atoms with Crippen LogP contribution in [0.3, 0.4) is 0 Å². The maximum atomic E-state index is 13.4. The summed E-state index contributed by atoms with van der Waals surface area (Å²) in [4.78, 5) is 22.2. The summed E-state index contributed by atoms with van der Waals surface area (Å²) in [7, 11) is 0. The number of benzene rings is 1. The molecule has 136 valence electrons. The van der Waals surface area contributed by atoms with Crippen molar-refractivity contribution in [3.8, 4) is 0 Å². The molecule has 0 saturated carbocycles. The zero-order valence-corrected chi connectivity index (χ0v) is 15.5. The number of amides is 1. The molecule has 0 aliphatic carbocycles. The fourth-order valence-electron chi connectivity index (χ4n) is 3.70. The molecule has 1 fully saturated rings. The molecule has 4 rings (SSSR count). The summed E-state index contributed by atoms with van der Waals surface area (Å²) in [6.07, 6.45) is 3.27. The van der Waals surface area contributed by atoms with Crippen LogP contribution in [-0.4, -0.2) is 48.8 Å². The molecule has 0 radical (unpaired) electrons. The van der Waals surface area contributed by atoms with Gasteiger partial charge in [-0.2, -0.15) is 0 Å². The zero-order valence-electron chi connectivity index (χ0n) is 14.7. The van der Waals surface area contributed by atoms with Crippen molar-refractivity contribution in [2.45, 2.75) is 50.4 Å². The summed E-state index contributed by atoms with van der Waals surface area (Å²) in [5.74, 6) is 0.0719. The minimum absolute atomic E-state index is 0.108. The highest BCUT2D eigenvalue weighted by Gasteiger charge is 2.28. The number of carbonyl (C=O) groups is 1. The second-order valence-corrected chi connectivity index (χ2v) is 7.77. The highest BCUT2D eigenvalue weighted by molar-refractivity contribution is 7.99. The van der Waals surface area contributed by atoms with Gasteiger partial charge in [0.15, 0.2) is 5.65 Å². The first kappa shape index (κ1) is 17.2. The first-order chi connectivity index (χ1) is 12.5. The van der Waals surface area contributed by atoms with E-state index in [0.717, 1.165) is 18.4 Å². The average Bonchev–Trinajstić information content (AvgIpc) is 2.97. The predicted octanol–water partition coefficient (Wildman–Crippen LogP) is 3.53. The maximum absolute atomic E-state index is 13.4. The Morgan fingerprint density at radius 2 is 2.08 bits per heavy atom. The number of rotatable bonds is 3. The van der Waals surface area contributed by atoms with Gasteiger partial charge in [0, 0.05) is 23.0 Å². The van der Waals surface area contributed by atoms with E-state index in [1.165, 1.54) is 30.3 Å². The van der Waals surface area contributed by atoms with Gasteiger partial charge in [0.25, 0.3) is 0 Å². The van der Waals surface area contributed by atoms with Gasteiger partial charge in [0.2, 0.25) is 11.1 Å². The first-order valence-corrected chi connectivity index (χ1v) is 9.77. The van der Waals surface area contributed by atoms with Crippen LogP contribution in [0.5, 0.6) is 0 Å². The summed E-state index contributed by atoms with van der Waals surface area (Å²) < 4.78 is 13.4. The number of carbonyl (C=O) groups excluding carboxylic acids is 1. The van der Waals surface area contributed by atoms with Crippen molar-refractivity contribution in [2.24, 2.45) is 0 Å². The van der Waals surface area contributed by atoms with Crippen LogP contribution in [0.15, 0.2) is 23.4 Å². The molecule has 0 bridgehead atoms. The quantitative estimate of drug-likeness (QED) is 0.711. The third-order valence-corrected chi connectivity index (χ3v) is 5.79. The van der Waals surface area contributed by atoms with Crippen LogP contribution in [0.25, 0.3) is 22.1 Å². The van der Waals surface area contributed by atoms with E-state index in [9.17, 15) is 9.18 Å². The Bertz CT molecular complexity index is 965. The number of hydrogen-bond acceptors (Lipinski definition) is 5. The average molecular weight is 373 g/mol. The van der Waals surface area contributed by atoms with Gasteiger partial charge in [0.1, 0.15) is 11.3 Å². The minimum Gasteiger partial charge on any atom is -0.338 e. The molecule has 8 heteroatoms. The summed E-state index contributed by atoms with van der Waals surface area (Å²) in [6, 6.07) is 5.01. The van der Waals surface area contributed by atoms with E-state index in [1.54, 1.807) is 6.07 Å². The number of halogens is 1. The fraction of sp³-hybridized carbons (Fsp3) is 0.444. The first-order valence-electron chi connectivity index (χ1n) is 8.78. The van der Waals surface area contributed by atoms with E-state index in [-0.39, 0.29) is 29.6 Å². The number of aromatic nitrogens is 4. The molecule has 1 aromatic carbocycles. The summed E-state index contributed by atoms with van der Waals surface area (Å²) >= 11 is 1.28. The molecule has 1 saturated heterocycles. The van der Waals surface area contributed by atoms with Gasteiger partial charge < -0.3 is 9.88 Å². The molecule has 2 aromatic heterocycles. The molecule has 1 N–H and O–H groups in total. The molecular weight excluding hydrogens is 353 g/mol. The van der Waals surface area contributed by atoms with Crippen molar-refractivity contribution < 1.29 is 9.18 Å². The number of likely N-dealkylation sites (tertiary alicyclic amines) is 1. The third-order valence-electron chi connectivity index (χ3n) is 4.96. The molecule has 1 aliphatic heterocycles. The molecule has 6 nitrogen and oxygen atoms in total. The second-order valence-electron chi connectivity index (χ2n) is 6.83. The molecule has 2 atom stereocenters. The Hall–Kier alpha value is -2.22. The molecule has 26 heavy (non-hydrogen) atoms. The number of nitrogens with zero attached hydrogens (tertiary/aromatic N) is 4. The predicted molar refractivity (Wildman–Crippen MR) is 99.5 cm³/mol. The van der Waals surface area contributed by atoms with E-state index in [0.29, 0.717) is 21.7 Å². The number of thioether (sulfide) groups is 1. The summed E-state index contributed by atoms with van der Waals surface area (Å²) in [5, 5.41) is 9.37. The summed E-state index contributed by atoms with van der Waals surface area (Å²) in [6.45, 7) is 4.21.